The van der Waals surface area contributed by atoms with Crippen LogP contribution in [-0.4, -0.2) is 119 Å². The van der Waals surface area contributed by atoms with Crippen LogP contribution >= 0.6 is 69.3 Å². The number of anilines is 7. The van der Waals surface area contributed by atoms with E-state index in [9.17, 15) is 26.3 Å². The molecule has 2 aliphatic heterocycles. The topological polar surface area (TPSA) is 380 Å². The van der Waals surface area contributed by atoms with Crippen LogP contribution in [-0.2, 0) is 64.8 Å². The highest BCUT2D eigenvalue weighted by molar-refractivity contribution is 7.15. The molecule has 10 N–H and O–H groups in total. The van der Waals surface area contributed by atoms with E-state index in [2.05, 4.69) is 213 Å². The molecule has 33 heteroatoms. The van der Waals surface area contributed by atoms with Gasteiger partial charge in [-0.15, -0.1) is 11.3 Å². The number of aryl methyl sites for hydroxylation is 2. The van der Waals surface area contributed by atoms with E-state index in [1.807, 2.05) is 189 Å². The van der Waals surface area contributed by atoms with E-state index in [1.165, 1.54) is 30.5 Å². The van der Waals surface area contributed by atoms with Crippen LogP contribution in [0.2, 0.25) is 25.1 Å². The number of hydrogen-bond donors (Lipinski definition) is 10. The van der Waals surface area contributed by atoms with Crippen molar-refractivity contribution in [2.75, 3.05) is 89.8 Å². The lowest BCUT2D eigenvalue weighted by Crippen LogP contribution is -2.44. The maximum atomic E-state index is 9.63. The van der Waals surface area contributed by atoms with Gasteiger partial charge in [-0.25, -0.2) is 4.98 Å². The minimum absolute atomic E-state index is 0.433. The Morgan fingerprint density at radius 3 is 1.24 bits per heavy atom. The number of piperidine rings is 1. The first-order valence-electron chi connectivity index (χ1n) is 46.1. The first kappa shape index (κ1) is 101. The van der Waals surface area contributed by atoms with Crippen molar-refractivity contribution in [2.45, 2.75) is 97.9 Å². The van der Waals surface area contributed by atoms with E-state index in [4.69, 9.17) is 67.2 Å². The summed E-state index contributed by atoms with van der Waals surface area (Å²) in [4.78, 5) is 18.3. The molecule has 716 valence electrons. The number of aromatic nitrogens is 12. The summed E-state index contributed by atoms with van der Waals surface area (Å²) in [6, 6.07) is 90.0. The number of methoxy groups -OCH3 is 1. The summed E-state index contributed by atoms with van der Waals surface area (Å²) in [6.45, 7) is 13.3. The van der Waals surface area contributed by atoms with Gasteiger partial charge < -0.3 is 50.4 Å². The van der Waals surface area contributed by atoms with Gasteiger partial charge in [0.05, 0.1) is 59.2 Å². The Bertz CT molecular complexity index is 7280. The number of furan rings is 1. The standard InChI is InChI=1S/C23H25ClN6.C23H19ClN4O.C22H23ClN6.C21H16ClN5S.C20H19ClN4O/c1-29-9-11-30(12-10-29)20-7-5-17(6-8-20)16-26-23-21(15-25)22(27-28-23)14-18-3-2-4-19(24)13-18;1-15-5-7-17(8-6-15)22-10-9-19(29-22)14-26-23-20(13-25)21(27-28-23)12-16-3-2-4-18(24)11-16;23-18-6-4-5-16(11-18)12-20-19(13-24)22(28-27-20)26-15-17-7-8-21(25-14-17)29-9-2-1-3-10-29;22-15-5-3-4-14(10-15)11-19-17(12-23)21(27-26-19)25-13-16-7-8-20(28-16)18-6-1-2-9-24-18;1-13-6-7-19(26-2)15(8-13)12-23-20-17(11-22)18(24-25-20)10-14-4-3-5-16(21)9-14/h2-8,13H,9-12,14,16H2,1H3,(H2,26,27,28);2-11H,12,14H2,1H3,(H2,26,27,28);4-8,11,14H,1-3,9-10,12,15H2,(H2,26,27,28);1-10H,11,13H2,(H2,25,26,27);3-9H,10,12H2,1-2H3,(H2,23,24,25). The summed E-state index contributed by atoms with van der Waals surface area (Å²) in [7, 11) is 3.81. The molecular weight excluding hydrogens is 1900 g/mol. The second-order valence-electron chi connectivity index (χ2n) is 33.9. The Labute approximate surface area is 853 Å². The summed E-state index contributed by atoms with van der Waals surface area (Å²) in [5.41, 5.74) is 20.4. The van der Waals surface area contributed by atoms with E-state index in [0.717, 1.165) is 162 Å². The molecule has 19 rings (SSSR count). The zero-order chi connectivity index (χ0) is 99.1. The van der Waals surface area contributed by atoms with Gasteiger partial charge in [-0.3, -0.25) is 30.5 Å². The molecule has 2 saturated heterocycles. The van der Waals surface area contributed by atoms with Crippen LogP contribution in [0.5, 0.6) is 5.75 Å². The van der Waals surface area contributed by atoms with Crippen LogP contribution in [0, 0.1) is 70.5 Å². The molecule has 9 aromatic heterocycles. The van der Waals surface area contributed by atoms with Gasteiger partial charge in [-0.05, 0) is 200 Å². The number of hydrogen-bond acceptors (Lipinski definition) is 23. The highest BCUT2D eigenvalue weighted by Gasteiger charge is 2.23. The third kappa shape index (κ3) is 28.1. The lowest BCUT2D eigenvalue weighted by Gasteiger charge is -2.34. The highest BCUT2D eigenvalue weighted by Crippen LogP contribution is 2.33. The number of piperazine rings is 1. The molecule has 0 unspecified atom stereocenters. The fourth-order valence-electron chi connectivity index (χ4n) is 16.2. The molecule has 142 heavy (non-hydrogen) atoms. The van der Waals surface area contributed by atoms with Crippen molar-refractivity contribution in [2.24, 2.45) is 0 Å². The van der Waals surface area contributed by atoms with E-state index >= 15 is 0 Å². The van der Waals surface area contributed by atoms with Crippen molar-refractivity contribution in [3.63, 3.8) is 0 Å². The summed E-state index contributed by atoms with van der Waals surface area (Å²) in [5, 5.41) is 104. The number of nitrogens with zero attached hydrogens (tertiary/aromatic N) is 15. The number of thiophene rings is 1. The summed E-state index contributed by atoms with van der Waals surface area (Å²) in [5.74, 6) is 6.17. The number of rotatable bonds is 30. The second kappa shape index (κ2) is 50.3. The smallest absolute Gasteiger partial charge is 0.166 e. The third-order valence-corrected chi connectivity index (χ3v) is 25.9. The summed E-state index contributed by atoms with van der Waals surface area (Å²) in [6.07, 6.45) is 10.3. The van der Waals surface area contributed by atoms with Gasteiger partial charge in [0.2, 0.25) is 0 Å². The van der Waals surface area contributed by atoms with Gasteiger partial charge in [0.15, 0.2) is 29.1 Å². The van der Waals surface area contributed by atoms with Gasteiger partial charge in [0.1, 0.15) is 81.3 Å². The molecule has 27 nitrogen and oxygen atoms in total. The summed E-state index contributed by atoms with van der Waals surface area (Å²) >= 11 is 31.9. The van der Waals surface area contributed by atoms with E-state index in [-0.39, 0.29) is 0 Å². The molecule has 0 bridgehead atoms. The summed E-state index contributed by atoms with van der Waals surface area (Å²) < 4.78 is 11.3. The number of nitrogens with one attached hydrogen (secondary N) is 10. The Hall–Kier alpha value is -15.7. The third-order valence-electron chi connectivity index (χ3n) is 23.6. The van der Waals surface area contributed by atoms with Crippen molar-refractivity contribution in [3.05, 3.63) is 403 Å². The number of aromatic amines is 5. The number of pyridine rings is 2. The average molecular weight is 2000 g/mol. The van der Waals surface area contributed by atoms with E-state index < -0.39 is 0 Å². The molecular formula is C109H102Cl5N25O2S. The van der Waals surface area contributed by atoms with Gasteiger partial charge in [-0.1, -0.05) is 190 Å². The molecule has 0 aliphatic carbocycles. The Kier molecular flexibility index (Phi) is 35.7. The molecule has 0 amide bonds. The lowest BCUT2D eigenvalue weighted by atomic mass is 10.1. The maximum absolute atomic E-state index is 9.63. The van der Waals surface area contributed by atoms with E-state index in [0.29, 0.717) is 147 Å². The van der Waals surface area contributed by atoms with Crippen molar-refractivity contribution in [1.29, 1.82) is 26.3 Å². The lowest BCUT2D eigenvalue weighted by molar-refractivity contribution is 0.313. The minimum Gasteiger partial charge on any atom is -0.496 e. The fraction of sp³-hybridized carbons (Fsp3) is 0.211. The largest absolute Gasteiger partial charge is 0.496 e. The minimum atomic E-state index is 0.433. The second-order valence-corrected chi connectivity index (χ2v) is 37.3. The molecule has 2 fully saturated rings. The van der Waals surface area contributed by atoms with Crippen molar-refractivity contribution >= 4 is 110 Å². The number of nitriles is 5. The number of ether oxygens (including phenoxy) is 1. The van der Waals surface area contributed by atoms with E-state index in [1.54, 1.807) is 24.6 Å². The highest BCUT2D eigenvalue weighted by atomic mass is 35.5. The van der Waals surface area contributed by atoms with Crippen LogP contribution in [0.3, 0.4) is 0 Å². The average Bonchev–Trinajstić information content (AvgIpc) is 1.72. The number of H-pyrrole nitrogens is 5. The predicted molar refractivity (Wildman–Crippen MR) is 565 cm³/mol. The van der Waals surface area contributed by atoms with Gasteiger partial charge >= 0.3 is 0 Å². The van der Waals surface area contributed by atoms with Crippen molar-refractivity contribution < 1.29 is 9.15 Å². The zero-order valence-electron chi connectivity index (χ0n) is 78.5. The van der Waals surface area contributed by atoms with Crippen LogP contribution in [0.1, 0.15) is 142 Å². The van der Waals surface area contributed by atoms with Gasteiger partial charge in [0, 0.05) is 150 Å². The maximum Gasteiger partial charge on any atom is 0.166 e. The van der Waals surface area contributed by atoms with Crippen LogP contribution in [0.15, 0.2) is 259 Å². The monoisotopic (exact) mass is 2000 g/mol. The Morgan fingerprint density at radius 2 is 0.817 bits per heavy atom. The Morgan fingerprint density at radius 1 is 0.387 bits per heavy atom. The van der Waals surface area contributed by atoms with Gasteiger partial charge in [-0.2, -0.15) is 51.8 Å². The van der Waals surface area contributed by atoms with Crippen LogP contribution in [0.25, 0.3) is 21.9 Å². The molecule has 2 aliphatic rings. The molecule has 11 heterocycles. The predicted octanol–water partition coefficient (Wildman–Crippen LogP) is 23.8. The SMILES string of the molecule is CN1CCN(c2ccc(CNc3n[nH]c(Cc4cccc(Cl)c4)c3C#N)cc2)CC1.COc1ccc(C)cc1CNc1n[nH]c(Cc2cccc(Cl)c2)c1C#N.Cc1ccc(-c2ccc(CNc3n[nH]c(Cc4cccc(Cl)c4)c3C#N)o2)cc1.N#Cc1c(NCc2ccc(-c3ccccn3)s2)n[nH]c1Cc1cccc(Cl)c1.N#Cc1c(NCc2ccc(N3CCCCC3)nc2)n[nH]c1Cc1cccc(Cl)c1. The number of likely N-dealkylation sites (N-methyl/N-ethyl adjacent to an activating group) is 1. The first-order chi connectivity index (χ1) is 69.3. The first-order valence-corrected chi connectivity index (χ1v) is 48.8. The number of benzene rings is 8. The number of halogens is 5. The van der Waals surface area contributed by atoms with Crippen LogP contribution < -0.4 is 41.1 Å². The quantitative estimate of drug-likeness (QED) is 0.0200. The molecule has 0 radical (unpaired) electrons. The molecule has 8 aromatic carbocycles. The van der Waals surface area contributed by atoms with Gasteiger partial charge in [0.25, 0.3) is 0 Å². The molecule has 17 aromatic rings. The van der Waals surface area contributed by atoms with Crippen molar-refractivity contribution in [3.8, 4) is 58.0 Å². The van der Waals surface area contributed by atoms with Crippen molar-refractivity contribution in [1.82, 2.24) is 65.9 Å². The molecule has 0 atom stereocenters. The normalized spacial score (nSPS) is 12.1. The van der Waals surface area contributed by atoms with Crippen LogP contribution in [0.4, 0.5) is 40.6 Å². The molecule has 0 spiro atoms. The fourth-order valence-corrected chi connectivity index (χ4v) is 18.1. The molecule has 0 saturated carbocycles. The Balaban J connectivity index is 0.000000134. The zero-order valence-corrected chi connectivity index (χ0v) is 83.1.